The number of amides is 1. The van der Waals surface area contributed by atoms with Crippen molar-refractivity contribution in [2.75, 3.05) is 12.9 Å². The van der Waals surface area contributed by atoms with E-state index in [1.165, 1.54) is 49.4 Å². The minimum Gasteiger partial charge on any atom is -0.496 e. The second-order valence-corrected chi connectivity index (χ2v) is 9.73. The van der Waals surface area contributed by atoms with Crippen molar-refractivity contribution in [1.29, 1.82) is 0 Å². The summed E-state index contributed by atoms with van der Waals surface area (Å²) in [6, 6.07) is 18.5. The quantitative estimate of drug-likeness (QED) is 0.410. The van der Waals surface area contributed by atoms with Crippen LogP contribution in [0.25, 0.3) is 11.4 Å². The molecule has 0 aliphatic heterocycles. The van der Waals surface area contributed by atoms with E-state index in [1.54, 1.807) is 7.11 Å². The maximum atomic E-state index is 12.7. The molecule has 0 spiro atoms. The molecule has 3 aromatic rings. The fourth-order valence-electron chi connectivity index (χ4n) is 4.51. The Balaban J connectivity index is 1.48. The van der Waals surface area contributed by atoms with E-state index in [2.05, 4.69) is 44.3 Å². The van der Waals surface area contributed by atoms with Gasteiger partial charge in [0.25, 0.3) is 0 Å². The van der Waals surface area contributed by atoms with Gasteiger partial charge in [0.1, 0.15) is 5.75 Å². The molecule has 0 unspecified atom stereocenters. The zero-order valence-corrected chi connectivity index (χ0v) is 20.7. The molecule has 4 rings (SSSR count). The smallest absolute Gasteiger partial charge is 0.230 e. The summed E-state index contributed by atoms with van der Waals surface area (Å²) >= 11 is 1.45. The highest BCUT2D eigenvalue weighted by atomic mass is 32.2. The highest BCUT2D eigenvalue weighted by Gasteiger charge is 2.19. The fourth-order valence-corrected chi connectivity index (χ4v) is 5.29. The van der Waals surface area contributed by atoms with Gasteiger partial charge in [0.2, 0.25) is 5.91 Å². The maximum Gasteiger partial charge on any atom is 0.230 e. The van der Waals surface area contributed by atoms with Crippen LogP contribution in [-0.2, 0) is 17.8 Å². The van der Waals surface area contributed by atoms with Crippen LogP contribution >= 0.6 is 11.8 Å². The molecule has 1 heterocycles. The molecule has 1 fully saturated rings. The van der Waals surface area contributed by atoms with Gasteiger partial charge < -0.3 is 14.6 Å². The first kappa shape index (κ1) is 24.3. The van der Waals surface area contributed by atoms with Crippen molar-refractivity contribution in [3.63, 3.8) is 0 Å². The number of ether oxygens (including phenoxy) is 1. The van der Waals surface area contributed by atoms with Crippen LogP contribution in [-0.4, -0.2) is 39.6 Å². The maximum absolute atomic E-state index is 12.7. The lowest BCUT2D eigenvalue weighted by molar-refractivity contribution is -0.119. The molecule has 2 aromatic carbocycles. The molecule has 1 amide bonds. The number of aromatic nitrogens is 3. The Hall–Kier alpha value is -2.80. The monoisotopic (exact) mass is 478 g/mol. The number of methoxy groups -OCH3 is 1. The second-order valence-electron chi connectivity index (χ2n) is 8.79. The summed E-state index contributed by atoms with van der Waals surface area (Å²) in [4.78, 5) is 12.7. The molecule has 1 aliphatic rings. The molecular formula is C27H34N4O2S. The lowest BCUT2D eigenvalue weighted by Crippen LogP contribution is -2.36. The molecule has 1 aromatic heterocycles. The normalized spacial score (nSPS) is 14.9. The van der Waals surface area contributed by atoms with E-state index in [0.717, 1.165) is 48.1 Å². The van der Waals surface area contributed by atoms with Crippen molar-refractivity contribution in [1.82, 2.24) is 20.1 Å². The standard InChI is InChI=1S/C27H34N4O2S/c1-33-24-17-11-10-16-23(24)26-29-30-27(31(26)19-18-21-12-6-5-7-13-21)34-20-25(32)28-22-14-8-3-2-4-9-15-22/h5-7,10-13,16-17,22H,2-4,8-9,14-15,18-20H2,1H3,(H,28,32). The number of carbonyl (C=O) groups excluding carboxylic acids is 1. The number of aryl methyl sites for hydroxylation is 1. The largest absolute Gasteiger partial charge is 0.496 e. The number of benzene rings is 2. The Morgan fingerprint density at radius 1 is 1.00 bits per heavy atom. The van der Waals surface area contributed by atoms with Gasteiger partial charge in [0.05, 0.1) is 18.4 Å². The van der Waals surface area contributed by atoms with Crippen LogP contribution in [0.4, 0.5) is 0 Å². The Morgan fingerprint density at radius 2 is 1.71 bits per heavy atom. The fraction of sp³-hybridized carbons (Fsp3) is 0.444. The van der Waals surface area contributed by atoms with Gasteiger partial charge in [-0.2, -0.15) is 0 Å². The van der Waals surface area contributed by atoms with Crippen LogP contribution in [0.1, 0.15) is 50.5 Å². The highest BCUT2D eigenvalue weighted by molar-refractivity contribution is 7.99. The lowest BCUT2D eigenvalue weighted by Gasteiger charge is -2.21. The summed E-state index contributed by atoms with van der Waals surface area (Å²) in [5, 5.41) is 13.0. The van der Waals surface area contributed by atoms with Crippen LogP contribution in [0.5, 0.6) is 5.75 Å². The molecule has 0 saturated heterocycles. The van der Waals surface area contributed by atoms with Crippen molar-refractivity contribution in [3.8, 4) is 17.1 Å². The predicted octanol–water partition coefficient (Wildman–Crippen LogP) is 5.52. The molecule has 1 saturated carbocycles. The minimum atomic E-state index is 0.0759. The van der Waals surface area contributed by atoms with Gasteiger partial charge in [-0.3, -0.25) is 4.79 Å². The Kier molecular flexibility index (Phi) is 9.02. The summed E-state index contributed by atoms with van der Waals surface area (Å²) in [5.74, 6) is 1.93. The molecular weight excluding hydrogens is 444 g/mol. The number of para-hydroxylation sites is 1. The second kappa shape index (κ2) is 12.6. The van der Waals surface area contributed by atoms with E-state index in [-0.39, 0.29) is 5.91 Å². The molecule has 7 heteroatoms. The van der Waals surface area contributed by atoms with Crippen LogP contribution in [0.3, 0.4) is 0 Å². The summed E-state index contributed by atoms with van der Waals surface area (Å²) in [5.41, 5.74) is 2.15. The van der Waals surface area contributed by atoms with Gasteiger partial charge in [-0.25, -0.2) is 0 Å². The lowest BCUT2D eigenvalue weighted by atomic mass is 9.97. The Labute approximate surface area is 206 Å². The van der Waals surface area contributed by atoms with Gasteiger partial charge in [0.15, 0.2) is 11.0 Å². The van der Waals surface area contributed by atoms with E-state index >= 15 is 0 Å². The summed E-state index contributed by atoms with van der Waals surface area (Å²) < 4.78 is 7.69. The van der Waals surface area contributed by atoms with Crippen LogP contribution in [0.15, 0.2) is 59.8 Å². The van der Waals surface area contributed by atoms with Crippen molar-refractivity contribution >= 4 is 17.7 Å². The average Bonchev–Trinajstić information content (AvgIpc) is 3.26. The van der Waals surface area contributed by atoms with E-state index in [1.807, 2.05) is 30.3 Å². The van der Waals surface area contributed by atoms with Crippen LogP contribution in [0.2, 0.25) is 0 Å². The minimum absolute atomic E-state index is 0.0759. The summed E-state index contributed by atoms with van der Waals surface area (Å²) in [6.07, 6.45) is 9.30. The van der Waals surface area contributed by atoms with Crippen molar-refractivity contribution in [2.45, 2.75) is 69.1 Å². The number of nitrogens with zero attached hydrogens (tertiary/aromatic N) is 3. The number of thioether (sulfide) groups is 1. The van der Waals surface area contributed by atoms with Crippen molar-refractivity contribution < 1.29 is 9.53 Å². The van der Waals surface area contributed by atoms with E-state index in [4.69, 9.17) is 4.74 Å². The van der Waals surface area contributed by atoms with Gasteiger partial charge in [-0.1, -0.05) is 86.3 Å². The first-order valence-electron chi connectivity index (χ1n) is 12.3. The molecule has 0 bridgehead atoms. The van der Waals surface area contributed by atoms with E-state index in [0.29, 0.717) is 11.8 Å². The Morgan fingerprint density at radius 3 is 2.47 bits per heavy atom. The molecule has 180 valence electrons. The Bertz CT molecular complexity index is 1050. The number of nitrogens with one attached hydrogen (secondary N) is 1. The molecule has 0 radical (unpaired) electrons. The van der Waals surface area contributed by atoms with Gasteiger partial charge in [-0.05, 0) is 37.0 Å². The van der Waals surface area contributed by atoms with Gasteiger partial charge in [0, 0.05) is 12.6 Å². The van der Waals surface area contributed by atoms with Crippen LogP contribution in [0, 0.1) is 0 Å². The molecule has 1 N–H and O–H groups in total. The zero-order valence-electron chi connectivity index (χ0n) is 19.9. The third-order valence-corrected chi connectivity index (χ3v) is 7.30. The number of rotatable bonds is 9. The first-order chi connectivity index (χ1) is 16.7. The highest BCUT2D eigenvalue weighted by Crippen LogP contribution is 2.31. The zero-order chi connectivity index (χ0) is 23.6. The van der Waals surface area contributed by atoms with Gasteiger partial charge in [-0.15, -0.1) is 10.2 Å². The number of hydrogen-bond donors (Lipinski definition) is 1. The molecule has 0 atom stereocenters. The molecule has 34 heavy (non-hydrogen) atoms. The molecule has 6 nitrogen and oxygen atoms in total. The summed E-state index contributed by atoms with van der Waals surface area (Å²) in [7, 11) is 1.67. The van der Waals surface area contributed by atoms with Crippen LogP contribution < -0.4 is 10.1 Å². The molecule has 1 aliphatic carbocycles. The predicted molar refractivity (Wildman–Crippen MR) is 137 cm³/mol. The first-order valence-corrected chi connectivity index (χ1v) is 13.3. The average molecular weight is 479 g/mol. The number of hydrogen-bond acceptors (Lipinski definition) is 5. The third kappa shape index (κ3) is 6.63. The SMILES string of the molecule is COc1ccccc1-c1nnc(SCC(=O)NC2CCCCCCC2)n1CCc1ccccc1. The van der Waals surface area contributed by atoms with Gasteiger partial charge >= 0.3 is 0 Å². The topological polar surface area (TPSA) is 69.0 Å². The van der Waals surface area contributed by atoms with E-state index < -0.39 is 0 Å². The third-order valence-electron chi connectivity index (χ3n) is 6.33. The van der Waals surface area contributed by atoms with Crippen molar-refractivity contribution in [3.05, 3.63) is 60.2 Å². The number of carbonyl (C=O) groups is 1. The van der Waals surface area contributed by atoms with E-state index in [9.17, 15) is 4.79 Å². The van der Waals surface area contributed by atoms with Crippen molar-refractivity contribution in [2.24, 2.45) is 0 Å². The summed E-state index contributed by atoms with van der Waals surface area (Å²) in [6.45, 7) is 0.719.